The maximum absolute atomic E-state index is 13.7. The van der Waals surface area contributed by atoms with Gasteiger partial charge in [-0.25, -0.2) is 24.5 Å². The van der Waals surface area contributed by atoms with Gasteiger partial charge in [0.2, 0.25) is 11.8 Å². The molecule has 0 fully saturated rings. The van der Waals surface area contributed by atoms with Crippen LogP contribution in [0.2, 0.25) is 0 Å². The van der Waals surface area contributed by atoms with Crippen LogP contribution in [0.1, 0.15) is 131 Å². The summed E-state index contributed by atoms with van der Waals surface area (Å²) in [6.07, 6.45) is 2.06. The number of aryl methyl sites for hydroxylation is 1. The topological polar surface area (TPSA) is 188 Å². The number of benzene rings is 2. The Balaban J connectivity index is 1.10. The predicted octanol–water partition coefficient (Wildman–Crippen LogP) is 8.26. The average molecular weight is 809 g/mol. The summed E-state index contributed by atoms with van der Waals surface area (Å²) in [4.78, 5) is 66.0. The van der Waals surface area contributed by atoms with E-state index in [0.29, 0.717) is 5.01 Å². The molecule has 6 rings (SSSR count). The summed E-state index contributed by atoms with van der Waals surface area (Å²) in [5, 5.41) is 10.9. The van der Waals surface area contributed by atoms with Gasteiger partial charge < -0.3 is 34.3 Å². The van der Waals surface area contributed by atoms with Gasteiger partial charge in [0.05, 0.1) is 6.04 Å². The van der Waals surface area contributed by atoms with Crippen LogP contribution in [0.3, 0.4) is 0 Å². The Bertz CT molecular complexity index is 2240. The molecule has 3 heterocycles. The molecule has 1 aliphatic carbocycles. The van der Waals surface area contributed by atoms with Crippen LogP contribution in [0.25, 0.3) is 11.1 Å². The molecule has 0 bridgehead atoms. The first kappa shape index (κ1) is 41.5. The number of ether oxygens (including phenoxy) is 2. The van der Waals surface area contributed by atoms with Crippen molar-refractivity contribution in [2.75, 3.05) is 13.2 Å². The lowest BCUT2D eigenvalue weighted by molar-refractivity contribution is 0.0543. The van der Waals surface area contributed by atoms with Gasteiger partial charge in [-0.1, -0.05) is 103 Å². The molecule has 0 unspecified atom stereocenters. The minimum absolute atomic E-state index is 0.00158. The van der Waals surface area contributed by atoms with E-state index in [1.54, 1.807) is 12.3 Å². The van der Waals surface area contributed by atoms with Crippen molar-refractivity contribution in [3.05, 3.63) is 124 Å². The van der Waals surface area contributed by atoms with E-state index in [4.69, 9.17) is 18.3 Å². The van der Waals surface area contributed by atoms with Crippen LogP contribution in [-0.2, 0) is 9.47 Å². The standard InChI is InChI=1S/C43H48N6O8S/c1-9-18-54-42(52)32-21-58-41(45-32)35(24(6)7)47-37(50)31-20-55-39(44-31)33(22(2)3)46-38(51)36-25(8)57-40(48-36)34(23(4)5)49-43(53)56-19-30-28-16-12-10-14-26(28)27-15-11-13-17-29(27)30/h9-17,20-24,30,33-35H,1,18-19H2,2-8H3,(H,46,51)(H,47,50)(H,49,53)/t33-,34-,35-/m0/s1. The molecule has 0 radical (unpaired) electrons. The van der Waals surface area contributed by atoms with Crippen molar-refractivity contribution < 1.29 is 37.5 Å². The van der Waals surface area contributed by atoms with Gasteiger partial charge in [0, 0.05) is 11.3 Å². The zero-order chi connectivity index (χ0) is 41.7. The van der Waals surface area contributed by atoms with Gasteiger partial charge in [-0.3, -0.25) is 9.59 Å². The highest BCUT2D eigenvalue weighted by atomic mass is 32.1. The van der Waals surface area contributed by atoms with Crippen LogP contribution in [0.15, 0.2) is 81.7 Å². The molecule has 15 heteroatoms. The number of alkyl carbamates (subject to hydrolysis) is 1. The molecule has 58 heavy (non-hydrogen) atoms. The van der Waals surface area contributed by atoms with E-state index in [2.05, 4.69) is 61.7 Å². The highest BCUT2D eigenvalue weighted by Gasteiger charge is 2.33. The molecule has 14 nitrogen and oxygen atoms in total. The molecule has 5 aromatic rings. The van der Waals surface area contributed by atoms with Crippen LogP contribution in [0, 0.1) is 24.7 Å². The minimum atomic E-state index is -0.738. The van der Waals surface area contributed by atoms with E-state index in [0.717, 1.165) is 22.3 Å². The number of hydrogen-bond donors (Lipinski definition) is 3. The maximum atomic E-state index is 13.7. The number of esters is 1. The number of hydrogen-bond acceptors (Lipinski definition) is 12. The van der Waals surface area contributed by atoms with E-state index in [1.165, 1.54) is 23.7 Å². The summed E-state index contributed by atoms with van der Waals surface area (Å²) in [6, 6.07) is 14.3. The SMILES string of the molecule is C=CCOC(=O)c1csc([C@@H](NC(=O)c2coc([C@@H](NC(=O)c3nc([C@@H](NC(=O)OCC4c5ccccc5-c5ccccc54)C(C)C)oc3C)C(C)C)n2)C(C)C)n1. The third-order valence-corrected chi connectivity index (χ3v) is 10.8. The third kappa shape index (κ3) is 9.04. The molecule has 3 amide bonds. The Morgan fingerprint density at radius 1 is 0.776 bits per heavy atom. The maximum Gasteiger partial charge on any atom is 0.407 e. The highest BCUT2D eigenvalue weighted by molar-refractivity contribution is 7.09. The molecule has 3 aromatic heterocycles. The molecule has 1 aliphatic rings. The number of nitrogens with one attached hydrogen (secondary N) is 3. The first-order valence-corrected chi connectivity index (χ1v) is 20.0. The number of oxazole rings is 2. The molecule has 3 N–H and O–H groups in total. The molecule has 0 saturated carbocycles. The number of aromatic nitrogens is 3. The fourth-order valence-electron chi connectivity index (χ4n) is 6.76. The largest absolute Gasteiger partial charge is 0.457 e. The Morgan fingerprint density at radius 2 is 1.38 bits per heavy atom. The van der Waals surface area contributed by atoms with Gasteiger partial charge in [-0.05, 0) is 46.9 Å². The van der Waals surface area contributed by atoms with Gasteiger partial charge in [0.15, 0.2) is 17.1 Å². The first-order chi connectivity index (χ1) is 27.8. The van der Waals surface area contributed by atoms with E-state index in [1.807, 2.05) is 65.8 Å². The van der Waals surface area contributed by atoms with E-state index in [9.17, 15) is 19.2 Å². The number of fused-ring (bicyclic) bond motifs is 3. The fraction of sp³-hybridized carbons (Fsp3) is 0.372. The van der Waals surface area contributed by atoms with Crippen molar-refractivity contribution in [3.8, 4) is 11.1 Å². The van der Waals surface area contributed by atoms with Crippen molar-refractivity contribution >= 4 is 35.2 Å². The summed E-state index contributed by atoms with van der Waals surface area (Å²) in [6.45, 7) is 16.7. The number of amides is 3. The number of thiazole rings is 1. The number of rotatable bonds is 16. The molecular formula is C43H48N6O8S. The quantitative estimate of drug-likeness (QED) is 0.0643. The number of carbonyl (C=O) groups excluding carboxylic acids is 4. The Morgan fingerprint density at radius 3 is 2.00 bits per heavy atom. The van der Waals surface area contributed by atoms with Crippen molar-refractivity contribution in [2.45, 2.75) is 72.5 Å². The molecule has 2 aromatic carbocycles. The number of nitrogens with zero attached hydrogens (tertiary/aromatic N) is 3. The van der Waals surface area contributed by atoms with Crippen molar-refractivity contribution in [2.24, 2.45) is 17.8 Å². The summed E-state index contributed by atoms with van der Waals surface area (Å²) in [7, 11) is 0. The van der Waals surface area contributed by atoms with Crippen LogP contribution >= 0.6 is 11.3 Å². The normalized spacial score (nSPS) is 13.8. The van der Waals surface area contributed by atoms with Gasteiger partial charge in [-0.2, -0.15) is 0 Å². The molecule has 3 atom stereocenters. The second-order valence-electron chi connectivity index (χ2n) is 15.1. The smallest absolute Gasteiger partial charge is 0.407 e. The molecule has 304 valence electrons. The van der Waals surface area contributed by atoms with Gasteiger partial charge in [-0.15, -0.1) is 11.3 Å². The zero-order valence-electron chi connectivity index (χ0n) is 33.5. The van der Waals surface area contributed by atoms with Crippen molar-refractivity contribution in [3.63, 3.8) is 0 Å². The summed E-state index contributed by atoms with van der Waals surface area (Å²) < 4.78 is 22.6. The summed E-state index contributed by atoms with van der Waals surface area (Å²) >= 11 is 1.23. The zero-order valence-corrected chi connectivity index (χ0v) is 34.3. The highest BCUT2D eigenvalue weighted by Crippen LogP contribution is 2.44. The number of carbonyl (C=O) groups is 4. The average Bonchev–Trinajstić information content (AvgIpc) is 4.02. The second kappa shape index (κ2) is 18.0. The fourth-order valence-corrected chi connectivity index (χ4v) is 7.77. The molecule has 0 spiro atoms. The minimum Gasteiger partial charge on any atom is -0.457 e. The van der Waals surface area contributed by atoms with Gasteiger partial charge in [0.1, 0.15) is 42.3 Å². The molecular weight excluding hydrogens is 761 g/mol. The lowest BCUT2D eigenvalue weighted by atomic mass is 9.98. The van der Waals surface area contributed by atoms with Gasteiger partial charge >= 0.3 is 12.1 Å². The Labute approximate surface area is 340 Å². The molecule has 0 aliphatic heterocycles. The summed E-state index contributed by atoms with van der Waals surface area (Å²) in [5.74, 6) is -1.68. The van der Waals surface area contributed by atoms with Crippen LogP contribution in [-0.4, -0.2) is 52.0 Å². The van der Waals surface area contributed by atoms with Crippen molar-refractivity contribution in [1.29, 1.82) is 0 Å². The molecule has 0 saturated heterocycles. The predicted molar refractivity (Wildman–Crippen MR) is 216 cm³/mol. The van der Waals surface area contributed by atoms with Crippen LogP contribution in [0.4, 0.5) is 4.79 Å². The first-order valence-electron chi connectivity index (χ1n) is 19.2. The summed E-state index contributed by atoms with van der Waals surface area (Å²) in [5.41, 5.74) is 4.64. The van der Waals surface area contributed by atoms with Crippen LogP contribution < -0.4 is 16.0 Å². The Hall–Kier alpha value is -6.09. The monoisotopic (exact) mass is 808 g/mol. The van der Waals surface area contributed by atoms with Crippen molar-refractivity contribution in [1.82, 2.24) is 30.9 Å². The third-order valence-electron chi connectivity index (χ3n) is 9.83. The Kier molecular flexibility index (Phi) is 12.9. The van der Waals surface area contributed by atoms with E-state index >= 15 is 0 Å². The lowest BCUT2D eigenvalue weighted by Gasteiger charge is -2.20. The second-order valence-corrected chi connectivity index (χ2v) is 16.0. The lowest BCUT2D eigenvalue weighted by Crippen LogP contribution is -2.34. The van der Waals surface area contributed by atoms with Crippen LogP contribution in [0.5, 0.6) is 0 Å². The van der Waals surface area contributed by atoms with E-state index < -0.39 is 42.0 Å². The van der Waals surface area contributed by atoms with Gasteiger partial charge in [0.25, 0.3) is 11.8 Å². The van der Waals surface area contributed by atoms with E-state index in [-0.39, 0.29) is 71.5 Å².